The molecule has 1 atom stereocenters. The normalized spacial score (nSPS) is 15.5. The van der Waals surface area contributed by atoms with Crippen LogP contribution in [-0.2, 0) is 16.0 Å². The minimum absolute atomic E-state index is 0.0363. The van der Waals surface area contributed by atoms with Crippen molar-refractivity contribution in [2.75, 3.05) is 13.1 Å². The highest BCUT2D eigenvalue weighted by molar-refractivity contribution is 6.30. The van der Waals surface area contributed by atoms with E-state index in [1.54, 1.807) is 36.1 Å². The highest BCUT2D eigenvalue weighted by Gasteiger charge is 2.27. The second-order valence-electron chi connectivity index (χ2n) is 7.51. The number of aryl methyl sites for hydroxylation is 1. The topological polar surface area (TPSA) is 58.6 Å². The lowest BCUT2D eigenvalue weighted by molar-refractivity contribution is -0.139. The van der Waals surface area contributed by atoms with Crippen LogP contribution in [0.25, 0.3) is 0 Å². The molecule has 1 fully saturated rings. The fourth-order valence-corrected chi connectivity index (χ4v) is 3.73. The zero-order chi connectivity index (χ0) is 21.5. The van der Waals surface area contributed by atoms with Gasteiger partial charge in [-0.25, -0.2) is 0 Å². The molecule has 2 amide bonds. The number of nitrogens with one attached hydrogen (secondary N) is 1. The molecule has 30 heavy (non-hydrogen) atoms. The first kappa shape index (κ1) is 22.4. The van der Waals surface area contributed by atoms with Crippen molar-refractivity contribution >= 4 is 35.0 Å². The van der Waals surface area contributed by atoms with Gasteiger partial charge >= 0.3 is 0 Å². The number of nitrogens with zero attached hydrogens (tertiary/aromatic N) is 1. The Morgan fingerprint density at radius 1 is 1.03 bits per heavy atom. The number of amides is 2. The molecule has 0 bridgehead atoms. The zero-order valence-electron chi connectivity index (χ0n) is 16.9. The van der Waals surface area contributed by atoms with Crippen molar-refractivity contribution in [1.29, 1.82) is 0 Å². The molecule has 1 unspecified atom stereocenters. The smallest absolute Gasteiger partial charge is 0.263 e. The van der Waals surface area contributed by atoms with E-state index in [0.717, 1.165) is 18.4 Å². The van der Waals surface area contributed by atoms with E-state index in [2.05, 4.69) is 5.32 Å². The lowest BCUT2D eigenvalue weighted by atomic mass is 10.0. The monoisotopic (exact) mass is 448 g/mol. The number of halogens is 2. The Hall–Kier alpha value is -2.24. The first-order valence-electron chi connectivity index (χ1n) is 10.2. The average Bonchev–Trinajstić information content (AvgIpc) is 2.75. The third-order valence-electron chi connectivity index (χ3n) is 5.20. The van der Waals surface area contributed by atoms with Crippen LogP contribution in [0.5, 0.6) is 5.75 Å². The van der Waals surface area contributed by atoms with E-state index in [1.807, 2.05) is 24.3 Å². The van der Waals surface area contributed by atoms with Gasteiger partial charge in [0, 0.05) is 35.6 Å². The van der Waals surface area contributed by atoms with E-state index in [0.29, 0.717) is 41.7 Å². The molecular weight excluding hydrogens is 423 g/mol. The molecule has 7 heteroatoms. The molecule has 0 aliphatic carbocycles. The maximum Gasteiger partial charge on any atom is 0.263 e. The van der Waals surface area contributed by atoms with Crippen LogP contribution < -0.4 is 10.1 Å². The van der Waals surface area contributed by atoms with E-state index >= 15 is 0 Å². The number of hydrogen-bond acceptors (Lipinski definition) is 3. The van der Waals surface area contributed by atoms with Crippen LogP contribution in [0.1, 0.15) is 31.7 Å². The number of carbonyl (C=O) groups is 2. The number of hydrogen-bond donors (Lipinski definition) is 1. The number of carbonyl (C=O) groups excluding carboxylic acids is 2. The molecule has 0 radical (unpaired) electrons. The Bertz CT molecular complexity index is 848. The number of ether oxygens (including phenoxy) is 1. The number of likely N-dealkylation sites (tertiary alicyclic amines) is 1. The molecule has 3 rings (SSSR count). The lowest BCUT2D eigenvalue weighted by Crippen LogP contribution is -2.49. The summed E-state index contributed by atoms with van der Waals surface area (Å²) in [7, 11) is 0. The number of piperidine rings is 1. The van der Waals surface area contributed by atoms with Crippen LogP contribution in [-0.4, -0.2) is 41.9 Å². The van der Waals surface area contributed by atoms with E-state index in [1.165, 1.54) is 0 Å². The Morgan fingerprint density at radius 3 is 2.20 bits per heavy atom. The minimum atomic E-state index is -0.573. The molecule has 0 spiro atoms. The molecule has 1 saturated heterocycles. The Morgan fingerprint density at radius 2 is 1.60 bits per heavy atom. The zero-order valence-corrected chi connectivity index (χ0v) is 18.5. The van der Waals surface area contributed by atoms with Gasteiger partial charge in [-0.15, -0.1) is 0 Å². The molecule has 5 nitrogen and oxygen atoms in total. The molecule has 1 aliphatic heterocycles. The van der Waals surface area contributed by atoms with Crippen LogP contribution in [0, 0.1) is 0 Å². The minimum Gasteiger partial charge on any atom is -0.481 e. The summed E-state index contributed by atoms with van der Waals surface area (Å²) in [5, 5.41) is 4.40. The van der Waals surface area contributed by atoms with Gasteiger partial charge in [-0.1, -0.05) is 35.3 Å². The van der Waals surface area contributed by atoms with Gasteiger partial charge < -0.3 is 15.0 Å². The van der Waals surface area contributed by atoms with Crippen LogP contribution in [0.3, 0.4) is 0 Å². The maximum atomic E-state index is 12.7. The third-order valence-corrected chi connectivity index (χ3v) is 5.70. The molecule has 2 aromatic carbocycles. The maximum absolute atomic E-state index is 12.7. The van der Waals surface area contributed by atoms with Crippen molar-refractivity contribution in [2.45, 2.75) is 44.8 Å². The highest BCUT2D eigenvalue weighted by atomic mass is 35.5. The highest BCUT2D eigenvalue weighted by Crippen LogP contribution is 2.19. The van der Waals surface area contributed by atoms with Crippen LogP contribution in [0.2, 0.25) is 10.0 Å². The van der Waals surface area contributed by atoms with Crippen molar-refractivity contribution in [3.63, 3.8) is 0 Å². The second kappa shape index (κ2) is 10.7. The Kier molecular flexibility index (Phi) is 8.00. The van der Waals surface area contributed by atoms with Gasteiger partial charge in [0.15, 0.2) is 6.10 Å². The van der Waals surface area contributed by atoms with Gasteiger partial charge in [-0.2, -0.15) is 0 Å². The number of benzene rings is 2. The fraction of sp³-hybridized carbons (Fsp3) is 0.391. The van der Waals surface area contributed by atoms with Crippen molar-refractivity contribution in [2.24, 2.45) is 0 Å². The summed E-state index contributed by atoms with van der Waals surface area (Å²) in [5.74, 6) is 0.606. The summed E-state index contributed by atoms with van der Waals surface area (Å²) in [5.41, 5.74) is 1.09. The van der Waals surface area contributed by atoms with Gasteiger partial charge in [-0.05, 0) is 68.1 Å². The van der Waals surface area contributed by atoms with Gasteiger partial charge in [0.1, 0.15) is 5.75 Å². The quantitative estimate of drug-likeness (QED) is 0.677. The molecule has 2 aromatic rings. The summed E-state index contributed by atoms with van der Waals surface area (Å²) >= 11 is 11.8. The second-order valence-corrected chi connectivity index (χ2v) is 8.38. The molecule has 160 valence electrons. The summed E-state index contributed by atoms with van der Waals surface area (Å²) in [6, 6.07) is 14.6. The van der Waals surface area contributed by atoms with E-state index < -0.39 is 6.10 Å². The summed E-state index contributed by atoms with van der Waals surface area (Å²) in [6.07, 6.45) is 2.03. The molecular formula is C23H26Cl2N2O3. The van der Waals surface area contributed by atoms with Gasteiger partial charge in [0.2, 0.25) is 5.91 Å². The van der Waals surface area contributed by atoms with E-state index in [4.69, 9.17) is 27.9 Å². The van der Waals surface area contributed by atoms with Crippen LogP contribution in [0.4, 0.5) is 0 Å². The standard InChI is InChI=1S/C23H26Cl2N2O3/c1-16(30-21-9-7-19(25)8-10-21)23(29)27-14-12-20(13-15-27)26-22(28)11-4-17-2-5-18(24)6-3-17/h2-3,5-10,16,20H,4,11-15H2,1H3,(H,26,28). The molecule has 0 saturated carbocycles. The SMILES string of the molecule is CC(Oc1ccc(Cl)cc1)C(=O)N1CCC(NC(=O)CCc2ccc(Cl)cc2)CC1. The first-order valence-corrected chi connectivity index (χ1v) is 10.9. The van der Waals surface area contributed by atoms with Crippen molar-refractivity contribution in [1.82, 2.24) is 10.2 Å². The third kappa shape index (κ3) is 6.64. The van der Waals surface area contributed by atoms with Crippen molar-refractivity contribution < 1.29 is 14.3 Å². The summed E-state index contributed by atoms with van der Waals surface area (Å²) in [6.45, 7) is 2.96. The Labute approximate surface area is 187 Å². The predicted octanol–water partition coefficient (Wildman–Crippen LogP) is 4.50. The fourth-order valence-electron chi connectivity index (χ4n) is 3.48. The predicted molar refractivity (Wildman–Crippen MR) is 119 cm³/mol. The molecule has 1 heterocycles. The van der Waals surface area contributed by atoms with Gasteiger partial charge in [0.05, 0.1) is 0 Å². The Balaban J connectivity index is 1.39. The van der Waals surface area contributed by atoms with Gasteiger partial charge in [0.25, 0.3) is 5.91 Å². The van der Waals surface area contributed by atoms with Crippen LogP contribution in [0.15, 0.2) is 48.5 Å². The van der Waals surface area contributed by atoms with E-state index in [9.17, 15) is 9.59 Å². The van der Waals surface area contributed by atoms with Crippen molar-refractivity contribution in [3.8, 4) is 5.75 Å². The van der Waals surface area contributed by atoms with Crippen LogP contribution >= 0.6 is 23.2 Å². The largest absolute Gasteiger partial charge is 0.481 e. The first-order chi connectivity index (χ1) is 14.4. The summed E-state index contributed by atoms with van der Waals surface area (Å²) < 4.78 is 5.73. The average molecular weight is 449 g/mol. The van der Waals surface area contributed by atoms with Gasteiger partial charge in [-0.3, -0.25) is 9.59 Å². The lowest BCUT2D eigenvalue weighted by Gasteiger charge is -2.33. The molecule has 1 aliphatic rings. The summed E-state index contributed by atoms with van der Waals surface area (Å²) in [4.78, 5) is 26.7. The van der Waals surface area contributed by atoms with Crippen molar-refractivity contribution in [3.05, 3.63) is 64.1 Å². The van der Waals surface area contributed by atoms with E-state index in [-0.39, 0.29) is 17.9 Å². The number of rotatable bonds is 7. The molecule has 1 N–H and O–H groups in total. The molecule has 0 aromatic heterocycles.